The van der Waals surface area contributed by atoms with E-state index in [-0.39, 0.29) is 0 Å². The van der Waals surface area contributed by atoms with Gasteiger partial charge < -0.3 is 4.74 Å². The summed E-state index contributed by atoms with van der Waals surface area (Å²) in [4.78, 5) is 0. The first kappa shape index (κ1) is 13.5. The van der Waals surface area contributed by atoms with Crippen molar-refractivity contribution >= 4 is 46.4 Å². The fourth-order valence-electron chi connectivity index (χ4n) is 2.16. The molecular weight excluding hydrogens is 326 g/mol. The number of epoxide rings is 1. The highest BCUT2D eigenvalue weighted by molar-refractivity contribution is 6.50. The molecule has 0 atom stereocenters. The molecule has 0 unspecified atom stereocenters. The van der Waals surface area contributed by atoms with Gasteiger partial charge in [-0.1, -0.05) is 70.7 Å². The Balaban J connectivity index is 2.11. The summed E-state index contributed by atoms with van der Waals surface area (Å²) in [6, 6.07) is 14.5. The van der Waals surface area contributed by atoms with Crippen molar-refractivity contribution in [2.45, 2.75) is 10.1 Å². The van der Waals surface area contributed by atoms with E-state index < -0.39 is 10.1 Å². The van der Waals surface area contributed by atoms with Crippen LogP contribution in [0.3, 0.4) is 0 Å². The lowest BCUT2D eigenvalue weighted by Crippen LogP contribution is -2.16. The third-order valence-corrected chi connectivity index (χ3v) is 4.34. The van der Waals surface area contributed by atoms with Gasteiger partial charge >= 0.3 is 0 Å². The monoisotopic (exact) mass is 332 g/mol. The Morgan fingerprint density at radius 2 is 1.00 bits per heavy atom. The molecule has 1 fully saturated rings. The highest BCUT2D eigenvalue weighted by Gasteiger charge is 2.71. The molecule has 2 aromatic carbocycles. The highest BCUT2D eigenvalue weighted by Crippen LogP contribution is 2.65. The maximum absolute atomic E-state index is 6.19. The Kier molecular flexibility index (Phi) is 3.24. The van der Waals surface area contributed by atoms with Crippen LogP contribution in [0.5, 0.6) is 0 Å². The van der Waals surface area contributed by atoms with Crippen LogP contribution in [0.4, 0.5) is 0 Å². The average Bonchev–Trinajstić information content (AvgIpc) is 2.95. The SMILES string of the molecule is Clc1ccc(C2(c3ccc(Cl)cc3)OC2(Cl)Cl)cc1. The second-order valence-corrected chi connectivity index (χ2v) is 6.44. The predicted molar refractivity (Wildman–Crippen MR) is 79.2 cm³/mol. The normalized spacial score (nSPS) is 19.2. The second-order valence-electron chi connectivity index (χ2n) is 4.31. The molecule has 0 aliphatic carbocycles. The van der Waals surface area contributed by atoms with Crippen LogP contribution in [0.1, 0.15) is 11.1 Å². The molecule has 1 aliphatic heterocycles. The van der Waals surface area contributed by atoms with Crippen LogP contribution in [0.2, 0.25) is 10.0 Å². The van der Waals surface area contributed by atoms with Crippen molar-refractivity contribution in [3.63, 3.8) is 0 Å². The molecule has 1 nitrogen and oxygen atoms in total. The molecule has 0 N–H and O–H groups in total. The number of alkyl halides is 2. The summed E-state index contributed by atoms with van der Waals surface area (Å²) in [6.45, 7) is 0. The number of hydrogen-bond acceptors (Lipinski definition) is 1. The second kappa shape index (κ2) is 4.54. The summed E-state index contributed by atoms with van der Waals surface area (Å²) < 4.78 is 4.31. The van der Waals surface area contributed by atoms with Gasteiger partial charge in [-0.05, 0) is 35.4 Å². The zero-order valence-corrected chi connectivity index (χ0v) is 12.6. The van der Waals surface area contributed by atoms with E-state index >= 15 is 0 Å². The third kappa shape index (κ3) is 2.14. The van der Waals surface area contributed by atoms with Crippen LogP contribution in [0, 0.1) is 0 Å². The topological polar surface area (TPSA) is 12.5 Å². The van der Waals surface area contributed by atoms with E-state index in [9.17, 15) is 0 Å². The molecule has 19 heavy (non-hydrogen) atoms. The van der Waals surface area contributed by atoms with Gasteiger partial charge in [-0.3, -0.25) is 0 Å². The zero-order valence-electron chi connectivity index (χ0n) is 9.54. The lowest BCUT2D eigenvalue weighted by atomic mass is 9.91. The molecule has 1 heterocycles. The van der Waals surface area contributed by atoms with Gasteiger partial charge in [0, 0.05) is 10.0 Å². The van der Waals surface area contributed by atoms with E-state index in [1.165, 1.54) is 0 Å². The minimum absolute atomic E-state index is 0.644. The van der Waals surface area contributed by atoms with E-state index in [0.29, 0.717) is 10.0 Å². The largest absolute Gasteiger partial charge is 0.321 e. The summed E-state index contributed by atoms with van der Waals surface area (Å²) in [5.74, 6) is 0. The molecule has 3 rings (SSSR count). The summed E-state index contributed by atoms with van der Waals surface area (Å²) in [6.07, 6.45) is 0. The fraction of sp³-hybridized carbons (Fsp3) is 0.143. The number of hydrogen-bond donors (Lipinski definition) is 0. The number of benzene rings is 2. The minimum Gasteiger partial charge on any atom is -0.321 e. The van der Waals surface area contributed by atoms with E-state index in [2.05, 4.69) is 0 Å². The minimum atomic E-state index is -1.28. The Labute approximate surface area is 131 Å². The Bertz CT molecular complexity index is 559. The van der Waals surface area contributed by atoms with E-state index in [0.717, 1.165) is 11.1 Å². The molecule has 0 spiro atoms. The van der Waals surface area contributed by atoms with E-state index in [1.807, 2.05) is 24.3 Å². The molecule has 0 aromatic heterocycles. The van der Waals surface area contributed by atoms with E-state index in [1.54, 1.807) is 24.3 Å². The van der Waals surface area contributed by atoms with Crippen LogP contribution < -0.4 is 0 Å². The van der Waals surface area contributed by atoms with Crippen molar-refractivity contribution in [1.29, 1.82) is 0 Å². The van der Waals surface area contributed by atoms with Crippen molar-refractivity contribution in [2.24, 2.45) is 0 Å². The van der Waals surface area contributed by atoms with Crippen LogP contribution in [-0.2, 0) is 10.3 Å². The standard InChI is InChI=1S/C14H8Cl4O/c15-11-5-1-9(2-6-11)13(14(17,18)19-13)10-3-7-12(16)8-4-10/h1-8H. The first-order valence-electron chi connectivity index (χ1n) is 5.56. The van der Waals surface area contributed by atoms with Crippen LogP contribution in [-0.4, -0.2) is 4.52 Å². The first-order valence-corrected chi connectivity index (χ1v) is 7.07. The molecular formula is C14H8Cl4O. The summed E-state index contributed by atoms with van der Waals surface area (Å²) in [7, 11) is 0. The highest BCUT2D eigenvalue weighted by atomic mass is 35.5. The predicted octanol–water partition coefficient (Wildman–Crippen LogP) is 5.40. The maximum atomic E-state index is 6.19. The maximum Gasteiger partial charge on any atom is 0.257 e. The fourth-order valence-corrected chi connectivity index (χ4v) is 3.08. The zero-order chi connectivity index (χ0) is 13.7. The van der Waals surface area contributed by atoms with Crippen LogP contribution in [0.25, 0.3) is 0 Å². The first-order chi connectivity index (χ1) is 8.96. The third-order valence-electron chi connectivity index (χ3n) is 3.15. The summed E-state index contributed by atoms with van der Waals surface area (Å²) in [5, 5.41) is 1.29. The van der Waals surface area contributed by atoms with Crippen molar-refractivity contribution in [3.8, 4) is 0 Å². The molecule has 0 amide bonds. The van der Waals surface area contributed by atoms with Gasteiger partial charge in [-0.25, -0.2) is 0 Å². The van der Waals surface area contributed by atoms with Crippen LogP contribution in [0.15, 0.2) is 48.5 Å². The van der Waals surface area contributed by atoms with Crippen molar-refractivity contribution < 1.29 is 4.74 Å². The van der Waals surface area contributed by atoms with E-state index in [4.69, 9.17) is 51.1 Å². The van der Waals surface area contributed by atoms with Gasteiger partial charge in [-0.2, -0.15) is 0 Å². The molecule has 0 radical (unpaired) electrons. The number of halogens is 4. The Morgan fingerprint density at radius 3 is 1.26 bits per heavy atom. The molecule has 0 bridgehead atoms. The van der Waals surface area contributed by atoms with Crippen LogP contribution >= 0.6 is 46.4 Å². The van der Waals surface area contributed by atoms with Gasteiger partial charge in [0.15, 0.2) is 5.60 Å². The summed E-state index contributed by atoms with van der Waals surface area (Å²) in [5.41, 5.74) is 0.833. The van der Waals surface area contributed by atoms with Crippen molar-refractivity contribution in [1.82, 2.24) is 0 Å². The van der Waals surface area contributed by atoms with Gasteiger partial charge in [-0.15, -0.1) is 0 Å². The average molecular weight is 334 g/mol. The quantitative estimate of drug-likeness (QED) is 0.529. The lowest BCUT2D eigenvalue weighted by molar-refractivity contribution is 0.336. The molecule has 1 saturated heterocycles. The molecule has 0 saturated carbocycles. The molecule has 5 heteroatoms. The van der Waals surface area contributed by atoms with Gasteiger partial charge in [0.05, 0.1) is 0 Å². The Morgan fingerprint density at radius 1 is 0.684 bits per heavy atom. The molecule has 2 aromatic rings. The Hall–Kier alpha value is -0.440. The smallest absolute Gasteiger partial charge is 0.257 e. The summed E-state index contributed by atoms with van der Waals surface area (Å²) >= 11 is 24.2. The van der Waals surface area contributed by atoms with Gasteiger partial charge in [0.1, 0.15) is 0 Å². The number of rotatable bonds is 2. The van der Waals surface area contributed by atoms with Gasteiger partial charge in [0.2, 0.25) is 0 Å². The number of ether oxygens (including phenoxy) is 1. The molecule has 98 valence electrons. The molecule has 1 aliphatic rings. The van der Waals surface area contributed by atoms with Crippen molar-refractivity contribution in [3.05, 3.63) is 69.7 Å². The van der Waals surface area contributed by atoms with Gasteiger partial charge in [0.25, 0.3) is 4.52 Å². The van der Waals surface area contributed by atoms with Crippen molar-refractivity contribution in [2.75, 3.05) is 0 Å². The lowest BCUT2D eigenvalue weighted by Gasteiger charge is -2.14.